The number of rotatable bonds is 3. The van der Waals surface area contributed by atoms with Gasteiger partial charge in [0.05, 0.1) is 12.2 Å². The maximum atomic E-state index is 13.8. The van der Waals surface area contributed by atoms with Crippen LogP contribution in [0, 0.1) is 17.7 Å². The molecule has 2 aromatic rings. The van der Waals surface area contributed by atoms with Crippen LogP contribution in [-0.2, 0) is 6.54 Å². The molecule has 0 atom stereocenters. The van der Waals surface area contributed by atoms with Crippen LogP contribution in [0.3, 0.4) is 0 Å². The molecule has 2 nitrogen and oxygen atoms in total. The van der Waals surface area contributed by atoms with E-state index < -0.39 is 0 Å². The molecule has 0 unspecified atom stereocenters. The lowest BCUT2D eigenvalue weighted by atomic mass is 10.1. The zero-order chi connectivity index (χ0) is 14.4. The Morgan fingerprint density at radius 1 is 1.10 bits per heavy atom. The van der Waals surface area contributed by atoms with Gasteiger partial charge in [-0.1, -0.05) is 42.2 Å². The first kappa shape index (κ1) is 14.1. The third-order valence-corrected chi connectivity index (χ3v) is 3.01. The summed E-state index contributed by atoms with van der Waals surface area (Å²) >= 11 is 0. The van der Waals surface area contributed by atoms with Crippen LogP contribution in [0.5, 0.6) is 0 Å². The molecule has 0 saturated carbocycles. The fraction of sp³-hybridized carbons (Fsp3) is 0.176. The summed E-state index contributed by atoms with van der Waals surface area (Å²) in [6.07, 6.45) is 0. The first-order chi connectivity index (χ1) is 9.72. The molecule has 2 rings (SSSR count). The maximum Gasteiger partial charge on any atom is 0.146 e. The van der Waals surface area contributed by atoms with Crippen LogP contribution in [0.2, 0.25) is 0 Å². The zero-order valence-corrected chi connectivity index (χ0v) is 11.4. The lowest BCUT2D eigenvalue weighted by molar-refractivity contribution is 0.622. The van der Waals surface area contributed by atoms with Gasteiger partial charge in [-0.05, 0) is 23.8 Å². The molecule has 0 aliphatic rings. The molecule has 20 heavy (non-hydrogen) atoms. The molecule has 0 saturated heterocycles. The molecule has 0 aliphatic carbocycles. The van der Waals surface area contributed by atoms with Crippen LogP contribution in [0.1, 0.15) is 11.1 Å². The predicted octanol–water partition coefficient (Wildman–Crippen LogP) is 2.77. The summed E-state index contributed by atoms with van der Waals surface area (Å²) in [7, 11) is 1.87. The van der Waals surface area contributed by atoms with E-state index in [4.69, 9.17) is 5.73 Å². The molecule has 0 aromatic heterocycles. The van der Waals surface area contributed by atoms with Gasteiger partial charge >= 0.3 is 0 Å². The molecule has 102 valence electrons. The van der Waals surface area contributed by atoms with Crippen LogP contribution in [-0.4, -0.2) is 13.6 Å². The van der Waals surface area contributed by atoms with Gasteiger partial charge in [0.15, 0.2) is 0 Å². The maximum absolute atomic E-state index is 13.8. The van der Waals surface area contributed by atoms with E-state index in [9.17, 15) is 4.39 Å². The number of anilines is 1. The van der Waals surface area contributed by atoms with Gasteiger partial charge in [0.25, 0.3) is 0 Å². The molecule has 0 spiro atoms. The highest BCUT2D eigenvalue weighted by atomic mass is 19.1. The van der Waals surface area contributed by atoms with Crippen LogP contribution in [0.15, 0.2) is 48.5 Å². The van der Waals surface area contributed by atoms with Crippen LogP contribution < -0.4 is 10.6 Å². The lowest BCUT2D eigenvalue weighted by Crippen LogP contribution is -2.18. The quantitative estimate of drug-likeness (QED) is 0.867. The number of nitrogens with two attached hydrogens (primary N) is 1. The first-order valence-corrected chi connectivity index (χ1v) is 6.45. The van der Waals surface area contributed by atoms with E-state index in [0.717, 1.165) is 11.1 Å². The topological polar surface area (TPSA) is 29.3 Å². The minimum atomic E-state index is -0.222. The van der Waals surface area contributed by atoms with Gasteiger partial charge < -0.3 is 10.6 Å². The third kappa shape index (κ3) is 3.37. The van der Waals surface area contributed by atoms with Gasteiger partial charge in [-0.15, -0.1) is 0 Å². The minimum absolute atomic E-state index is 0.222. The van der Waals surface area contributed by atoms with Crippen molar-refractivity contribution in [2.45, 2.75) is 6.54 Å². The number of nitrogens with zero attached hydrogens (tertiary/aromatic N) is 1. The second-order valence-electron chi connectivity index (χ2n) is 4.47. The Labute approximate surface area is 119 Å². The monoisotopic (exact) mass is 268 g/mol. The first-order valence-electron chi connectivity index (χ1n) is 6.45. The van der Waals surface area contributed by atoms with Crippen LogP contribution in [0.4, 0.5) is 10.1 Å². The standard InChI is InChI=1S/C17H17FN2/c1-20(17-11-5-4-10-16(17)18)13-15-8-3-2-7-14(15)9-6-12-19/h2-5,7-8,10-11H,12-13,19H2,1H3. The highest BCUT2D eigenvalue weighted by Gasteiger charge is 2.08. The van der Waals surface area contributed by atoms with Gasteiger partial charge in [-0.25, -0.2) is 4.39 Å². The van der Waals surface area contributed by atoms with Crippen molar-refractivity contribution in [3.05, 3.63) is 65.5 Å². The van der Waals surface area contributed by atoms with E-state index in [-0.39, 0.29) is 5.82 Å². The summed E-state index contributed by atoms with van der Waals surface area (Å²) in [6.45, 7) is 0.924. The number of para-hydroxylation sites is 1. The van der Waals surface area contributed by atoms with Crippen molar-refractivity contribution in [2.75, 3.05) is 18.5 Å². The number of benzene rings is 2. The molecule has 0 fully saturated rings. The summed E-state index contributed by atoms with van der Waals surface area (Å²) in [6, 6.07) is 14.6. The smallest absolute Gasteiger partial charge is 0.146 e. The largest absolute Gasteiger partial charge is 0.368 e. The Morgan fingerprint density at radius 3 is 2.55 bits per heavy atom. The van der Waals surface area contributed by atoms with Crippen LogP contribution >= 0.6 is 0 Å². The van der Waals surface area contributed by atoms with E-state index in [1.54, 1.807) is 12.1 Å². The van der Waals surface area contributed by atoms with Gasteiger partial charge in [0.2, 0.25) is 0 Å². The highest BCUT2D eigenvalue weighted by Crippen LogP contribution is 2.20. The molecule has 0 amide bonds. The average Bonchev–Trinajstić information content (AvgIpc) is 2.46. The molecule has 0 aliphatic heterocycles. The average molecular weight is 268 g/mol. The van der Waals surface area contributed by atoms with Crippen LogP contribution in [0.25, 0.3) is 0 Å². The van der Waals surface area contributed by atoms with E-state index in [0.29, 0.717) is 18.8 Å². The van der Waals surface area contributed by atoms with E-state index in [1.807, 2.05) is 42.3 Å². The van der Waals surface area contributed by atoms with E-state index >= 15 is 0 Å². The molecule has 2 N–H and O–H groups in total. The van der Waals surface area contributed by atoms with Gasteiger partial charge in [0.1, 0.15) is 5.82 Å². The zero-order valence-electron chi connectivity index (χ0n) is 11.4. The molecular weight excluding hydrogens is 251 g/mol. The SMILES string of the molecule is CN(Cc1ccccc1C#CCN)c1ccccc1F. The fourth-order valence-corrected chi connectivity index (χ4v) is 2.03. The lowest BCUT2D eigenvalue weighted by Gasteiger charge is -2.20. The second kappa shape index (κ2) is 6.74. The van der Waals surface area contributed by atoms with Gasteiger partial charge in [-0.3, -0.25) is 0 Å². The third-order valence-electron chi connectivity index (χ3n) is 3.01. The molecular formula is C17H17FN2. The van der Waals surface area contributed by atoms with E-state index in [1.165, 1.54) is 6.07 Å². The normalized spacial score (nSPS) is 9.75. The van der Waals surface area contributed by atoms with Crippen molar-refractivity contribution in [1.82, 2.24) is 0 Å². The van der Waals surface area contributed by atoms with Crippen molar-refractivity contribution in [3.63, 3.8) is 0 Å². The van der Waals surface area contributed by atoms with E-state index in [2.05, 4.69) is 11.8 Å². The minimum Gasteiger partial charge on any atom is -0.368 e. The number of hydrogen-bond acceptors (Lipinski definition) is 2. The molecule has 2 aromatic carbocycles. The summed E-state index contributed by atoms with van der Waals surface area (Å²) in [5.74, 6) is 5.68. The summed E-state index contributed by atoms with van der Waals surface area (Å²) < 4.78 is 13.8. The number of halogens is 1. The van der Waals surface area contributed by atoms with Crippen molar-refractivity contribution >= 4 is 5.69 Å². The Morgan fingerprint density at radius 2 is 1.80 bits per heavy atom. The Kier molecular flexibility index (Phi) is 4.75. The van der Waals surface area contributed by atoms with Gasteiger partial charge in [0, 0.05) is 19.2 Å². The Bertz CT molecular complexity index is 641. The Balaban J connectivity index is 2.24. The van der Waals surface area contributed by atoms with Crippen molar-refractivity contribution in [1.29, 1.82) is 0 Å². The predicted molar refractivity (Wildman–Crippen MR) is 80.9 cm³/mol. The van der Waals surface area contributed by atoms with Crippen molar-refractivity contribution < 1.29 is 4.39 Å². The summed E-state index contributed by atoms with van der Waals surface area (Å²) in [5, 5.41) is 0. The van der Waals surface area contributed by atoms with Gasteiger partial charge in [-0.2, -0.15) is 0 Å². The Hall–Kier alpha value is -2.31. The molecule has 0 bridgehead atoms. The fourth-order valence-electron chi connectivity index (χ4n) is 2.03. The summed E-state index contributed by atoms with van der Waals surface area (Å²) in [5.41, 5.74) is 7.97. The van der Waals surface area contributed by atoms with Crippen molar-refractivity contribution in [3.8, 4) is 11.8 Å². The molecule has 3 heteroatoms. The van der Waals surface area contributed by atoms with Crippen molar-refractivity contribution in [2.24, 2.45) is 5.73 Å². The summed E-state index contributed by atoms with van der Waals surface area (Å²) in [4.78, 5) is 1.87. The molecule has 0 heterocycles. The second-order valence-corrected chi connectivity index (χ2v) is 4.47. The number of hydrogen-bond donors (Lipinski definition) is 1. The molecule has 0 radical (unpaired) electrons. The highest BCUT2D eigenvalue weighted by molar-refractivity contribution is 5.49.